The molecular weight excluding hydrogens is 266 g/mol. The molecule has 0 saturated carbocycles. The van der Waals surface area contributed by atoms with Gasteiger partial charge in [0.25, 0.3) is 0 Å². The first kappa shape index (κ1) is 14.7. The molecule has 0 aliphatic heterocycles. The van der Waals surface area contributed by atoms with Gasteiger partial charge in [0.05, 0.1) is 7.11 Å². The number of ether oxygens (including phenoxy) is 1. The lowest BCUT2D eigenvalue weighted by Crippen LogP contribution is -2.30. The van der Waals surface area contributed by atoms with Crippen LogP contribution in [0.15, 0.2) is 48.5 Å². The third-order valence-corrected chi connectivity index (χ3v) is 3.02. The highest BCUT2D eigenvalue weighted by Crippen LogP contribution is 2.17. The van der Waals surface area contributed by atoms with Gasteiger partial charge in [-0.2, -0.15) is 0 Å². The lowest BCUT2D eigenvalue weighted by molar-refractivity contribution is 0.252. The van der Waals surface area contributed by atoms with E-state index in [1.807, 2.05) is 24.3 Å². The van der Waals surface area contributed by atoms with E-state index in [1.54, 1.807) is 31.4 Å². The maximum absolute atomic E-state index is 11.8. The minimum Gasteiger partial charge on any atom is -0.496 e. The van der Waals surface area contributed by atoms with Crippen LogP contribution in [0.5, 0.6) is 5.75 Å². The molecule has 110 valence electrons. The molecule has 0 atom stereocenters. The molecule has 2 rings (SSSR count). The van der Waals surface area contributed by atoms with Gasteiger partial charge in [-0.1, -0.05) is 24.3 Å². The number of methoxy groups -OCH3 is 1. The van der Waals surface area contributed by atoms with E-state index in [0.717, 1.165) is 11.3 Å². The van der Waals surface area contributed by atoms with E-state index in [0.29, 0.717) is 24.3 Å². The van der Waals surface area contributed by atoms with Crippen LogP contribution in [0.2, 0.25) is 0 Å². The number of urea groups is 1. The monoisotopic (exact) mass is 285 g/mol. The number of carbonyl (C=O) groups excluding carboxylic acids is 1. The third kappa shape index (κ3) is 4.42. The van der Waals surface area contributed by atoms with Crippen LogP contribution >= 0.6 is 0 Å². The Hall–Kier alpha value is -2.69. The Kier molecular flexibility index (Phi) is 5.04. The van der Waals surface area contributed by atoms with Gasteiger partial charge in [0.15, 0.2) is 0 Å². The molecule has 0 spiro atoms. The normalized spacial score (nSPS) is 9.95. The van der Waals surface area contributed by atoms with Gasteiger partial charge in [0.1, 0.15) is 5.75 Å². The van der Waals surface area contributed by atoms with Crippen molar-refractivity contribution in [1.29, 1.82) is 0 Å². The number of hydrogen-bond donors (Lipinski definition) is 3. The number of nitrogens with one attached hydrogen (secondary N) is 2. The number of benzene rings is 2. The maximum atomic E-state index is 11.8. The molecule has 21 heavy (non-hydrogen) atoms. The summed E-state index contributed by atoms with van der Waals surface area (Å²) in [6.07, 6.45) is 0.703. The van der Waals surface area contributed by atoms with Crippen LogP contribution < -0.4 is 21.1 Å². The molecule has 0 fully saturated rings. The minimum atomic E-state index is -0.254. The molecule has 0 saturated heterocycles. The number of nitrogen functional groups attached to an aromatic ring is 1. The highest BCUT2D eigenvalue weighted by atomic mass is 16.5. The molecule has 5 heteroatoms. The molecule has 0 unspecified atom stereocenters. The fraction of sp³-hybridized carbons (Fsp3) is 0.188. The van der Waals surface area contributed by atoms with Crippen molar-refractivity contribution in [2.24, 2.45) is 0 Å². The molecule has 2 amide bonds. The average Bonchev–Trinajstić information content (AvgIpc) is 2.47. The first-order chi connectivity index (χ1) is 10.2. The molecule has 2 aromatic rings. The van der Waals surface area contributed by atoms with Crippen molar-refractivity contribution >= 4 is 17.4 Å². The van der Waals surface area contributed by atoms with Gasteiger partial charge in [0.2, 0.25) is 0 Å². The summed E-state index contributed by atoms with van der Waals surface area (Å²) in [6, 6.07) is 14.6. The van der Waals surface area contributed by atoms with E-state index in [9.17, 15) is 4.79 Å². The Morgan fingerprint density at radius 2 is 2.00 bits per heavy atom. The van der Waals surface area contributed by atoms with Crippen LogP contribution in [0.4, 0.5) is 16.2 Å². The highest BCUT2D eigenvalue weighted by Gasteiger charge is 2.04. The van der Waals surface area contributed by atoms with E-state index < -0.39 is 0 Å². The van der Waals surface area contributed by atoms with E-state index >= 15 is 0 Å². The first-order valence-electron chi connectivity index (χ1n) is 6.71. The number of carbonyl (C=O) groups is 1. The van der Waals surface area contributed by atoms with E-state index in [4.69, 9.17) is 10.5 Å². The topological polar surface area (TPSA) is 76.4 Å². The fourth-order valence-electron chi connectivity index (χ4n) is 2.01. The molecule has 2 aromatic carbocycles. The summed E-state index contributed by atoms with van der Waals surface area (Å²) in [7, 11) is 1.64. The minimum absolute atomic E-state index is 0.254. The second-order valence-corrected chi connectivity index (χ2v) is 4.57. The largest absolute Gasteiger partial charge is 0.496 e. The summed E-state index contributed by atoms with van der Waals surface area (Å²) in [5, 5.41) is 5.54. The predicted molar refractivity (Wildman–Crippen MR) is 84.6 cm³/mol. The van der Waals surface area contributed by atoms with Gasteiger partial charge in [-0.3, -0.25) is 0 Å². The Bertz CT molecular complexity index is 614. The van der Waals surface area contributed by atoms with Crippen molar-refractivity contribution in [3.05, 3.63) is 54.1 Å². The Morgan fingerprint density at radius 1 is 1.19 bits per heavy atom. The molecule has 0 aliphatic carbocycles. The Morgan fingerprint density at radius 3 is 2.76 bits per heavy atom. The van der Waals surface area contributed by atoms with E-state index in [-0.39, 0.29) is 6.03 Å². The lowest BCUT2D eigenvalue weighted by Gasteiger charge is -2.10. The summed E-state index contributed by atoms with van der Waals surface area (Å²) >= 11 is 0. The SMILES string of the molecule is COc1ccccc1CCNC(=O)Nc1cccc(N)c1. The van der Waals surface area contributed by atoms with Crippen molar-refractivity contribution in [1.82, 2.24) is 5.32 Å². The summed E-state index contributed by atoms with van der Waals surface area (Å²) in [5.74, 6) is 0.829. The summed E-state index contributed by atoms with van der Waals surface area (Å²) in [5.41, 5.74) is 8.00. The van der Waals surface area contributed by atoms with E-state index in [1.165, 1.54) is 0 Å². The first-order valence-corrected chi connectivity index (χ1v) is 6.71. The second kappa shape index (κ2) is 7.19. The van der Waals surface area contributed by atoms with Gasteiger partial charge in [0, 0.05) is 17.9 Å². The predicted octanol–water partition coefficient (Wildman–Crippen LogP) is 2.64. The molecule has 0 aromatic heterocycles. The number of amides is 2. The molecule has 0 radical (unpaired) electrons. The van der Waals surface area contributed by atoms with Gasteiger partial charge < -0.3 is 21.1 Å². The second-order valence-electron chi connectivity index (χ2n) is 4.57. The number of anilines is 2. The standard InChI is InChI=1S/C16H19N3O2/c1-21-15-8-3-2-5-12(15)9-10-18-16(20)19-14-7-4-6-13(17)11-14/h2-8,11H,9-10,17H2,1H3,(H2,18,19,20). The molecule has 5 nitrogen and oxygen atoms in total. The van der Waals surface area contributed by atoms with Crippen LogP contribution in [0.1, 0.15) is 5.56 Å². The van der Waals surface area contributed by atoms with Crippen molar-refractivity contribution in [2.45, 2.75) is 6.42 Å². The average molecular weight is 285 g/mol. The summed E-state index contributed by atoms with van der Waals surface area (Å²) in [4.78, 5) is 11.8. The number of rotatable bonds is 5. The third-order valence-electron chi connectivity index (χ3n) is 3.02. The van der Waals surface area contributed by atoms with Crippen molar-refractivity contribution in [3.8, 4) is 5.75 Å². The van der Waals surface area contributed by atoms with Crippen molar-refractivity contribution in [2.75, 3.05) is 24.7 Å². The Balaban J connectivity index is 1.82. The molecule has 0 aliphatic rings. The van der Waals surface area contributed by atoms with Gasteiger partial charge in [-0.05, 0) is 36.2 Å². The smallest absolute Gasteiger partial charge is 0.319 e. The van der Waals surface area contributed by atoms with Crippen LogP contribution in [0.3, 0.4) is 0 Å². The zero-order chi connectivity index (χ0) is 15.1. The quantitative estimate of drug-likeness (QED) is 0.739. The number of nitrogens with two attached hydrogens (primary N) is 1. The molecule has 0 heterocycles. The molecular formula is C16H19N3O2. The molecule has 0 bridgehead atoms. The fourth-order valence-corrected chi connectivity index (χ4v) is 2.01. The van der Waals surface area contributed by atoms with E-state index in [2.05, 4.69) is 10.6 Å². The van der Waals surface area contributed by atoms with Crippen molar-refractivity contribution < 1.29 is 9.53 Å². The van der Waals surface area contributed by atoms with Crippen molar-refractivity contribution in [3.63, 3.8) is 0 Å². The number of para-hydroxylation sites is 1. The lowest BCUT2D eigenvalue weighted by atomic mass is 10.1. The zero-order valence-electron chi connectivity index (χ0n) is 11.9. The molecule has 4 N–H and O–H groups in total. The number of hydrogen-bond acceptors (Lipinski definition) is 3. The van der Waals surface area contributed by atoms with Crippen LogP contribution in [-0.2, 0) is 6.42 Å². The zero-order valence-corrected chi connectivity index (χ0v) is 11.9. The van der Waals surface area contributed by atoms with Crippen LogP contribution in [0, 0.1) is 0 Å². The summed E-state index contributed by atoms with van der Waals surface area (Å²) in [6.45, 7) is 0.522. The van der Waals surface area contributed by atoms with Gasteiger partial charge in [-0.25, -0.2) is 4.79 Å². The van der Waals surface area contributed by atoms with Gasteiger partial charge >= 0.3 is 6.03 Å². The highest BCUT2D eigenvalue weighted by molar-refractivity contribution is 5.89. The maximum Gasteiger partial charge on any atom is 0.319 e. The van der Waals surface area contributed by atoms with Gasteiger partial charge in [-0.15, -0.1) is 0 Å². The summed E-state index contributed by atoms with van der Waals surface area (Å²) < 4.78 is 5.27. The Labute approximate surface area is 124 Å². The van der Waals surface area contributed by atoms with Crippen LogP contribution in [0.25, 0.3) is 0 Å². The van der Waals surface area contributed by atoms with Crippen LogP contribution in [-0.4, -0.2) is 19.7 Å².